The van der Waals surface area contributed by atoms with Gasteiger partial charge in [-0.25, -0.2) is 5.01 Å². The zero-order valence-electron chi connectivity index (χ0n) is 15.3. The van der Waals surface area contributed by atoms with Gasteiger partial charge in [-0.1, -0.05) is 4.49 Å². The summed E-state index contributed by atoms with van der Waals surface area (Å²) in [5, 5.41) is 22.6. The highest BCUT2D eigenvalue weighted by molar-refractivity contribution is 7.09. The molecule has 0 amide bonds. The van der Waals surface area contributed by atoms with Crippen molar-refractivity contribution in [2.75, 3.05) is 11.8 Å². The van der Waals surface area contributed by atoms with E-state index in [1.807, 2.05) is 17.1 Å². The predicted molar refractivity (Wildman–Crippen MR) is 107 cm³/mol. The van der Waals surface area contributed by atoms with Gasteiger partial charge in [0.1, 0.15) is 0 Å². The smallest absolute Gasteiger partial charge is 0.269 e. The fourth-order valence-corrected chi connectivity index (χ4v) is 4.10. The topological polar surface area (TPSA) is 103 Å². The number of hydrogen-bond acceptors (Lipinski definition) is 9. The van der Waals surface area contributed by atoms with Gasteiger partial charge in [-0.15, -0.1) is 5.10 Å². The molecule has 0 radical (unpaired) electrons. The van der Waals surface area contributed by atoms with Gasteiger partial charge in [0.25, 0.3) is 5.69 Å². The van der Waals surface area contributed by atoms with Crippen molar-refractivity contribution in [1.82, 2.24) is 9.59 Å². The van der Waals surface area contributed by atoms with Gasteiger partial charge in [-0.3, -0.25) is 10.1 Å². The maximum absolute atomic E-state index is 11.0. The molecule has 3 aromatic rings. The van der Waals surface area contributed by atoms with Crippen LogP contribution in [0.25, 0.3) is 0 Å². The molecule has 1 aromatic heterocycles. The molecule has 2 aliphatic rings. The molecule has 0 saturated heterocycles. The fourth-order valence-electron chi connectivity index (χ4n) is 3.52. The second kappa shape index (κ2) is 6.82. The van der Waals surface area contributed by atoms with Crippen LogP contribution < -0.4 is 14.5 Å². The molecule has 146 valence electrons. The number of nitro groups is 1. The minimum Gasteiger partial charge on any atom is -0.454 e. The fraction of sp³-hybridized carbons (Fsp3) is 0.211. The Morgan fingerprint density at radius 3 is 2.66 bits per heavy atom. The molecule has 0 aliphatic carbocycles. The minimum absolute atomic E-state index is 0.0331. The van der Waals surface area contributed by atoms with Gasteiger partial charge in [0.2, 0.25) is 6.79 Å². The van der Waals surface area contributed by atoms with Crippen LogP contribution in [0.4, 0.5) is 10.7 Å². The monoisotopic (exact) mass is 409 g/mol. The lowest BCUT2D eigenvalue weighted by atomic mass is 9.94. The highest BCUT2D eigenvalue weighted by Gasteiger charge is 2.28. The van der Waals surface area contributed by atoms with Gasteiger partial charge in [-0.05, 0) is 43.2 Å². The first-order valence-corrected chi connectivity index (χ1v) is 9.70. The second-order valence-corrected chi connectivity index (χ2v) is 7.53. The number of fused-ring (bicyclic) bond motifs is 2. The van der Waals surface area contributed by atoms with Gasteiger partial charge >= 0.3 is 0 Å². The number of benzene rings is 2. The lowest BCUT2D eigenvalue weighted by Crippen LogP contribution is -2.28. The number of hydrazone groups is 1. The van der Waals surface area contributed by atoms with Gasteiger partial charge in [-0.2, -0.15) is 5.10 Å². The first-order valence-electron chi connectivity index (χ1n) is 8.93. The average molecular weight is 409 g/mol. The minimum atomic E-state index is -0.415. The van der Waals surface area contributed by atoms with Gasteiger partial charge < -0.3 is 9.47 Å². The van der Waals surface area contributed by atoms with E-state index in [0.717, 1.165) is 28.1 Å². The van der Waals surface area contributed by atoms with Crippen molar-refractivity contribution in [1.29, 1.82) is 0 Å². The highest BCUT2D eigenvalue weighted by Crippen LogP contribution is 2.38. The Balaban J connectivity index is 1.69. The zero-order chi connectivity index (χ0) is 20.0. The third-order valence-electron chi connectivity index (χ3n) is 4.92. The maximum Gasteiger partial charge on any atom is 0.269 e. The standard InChI is InChI=1S/C19H15N5O4S/c1-11-6-13-7-16-17(28-10-27-16)8-15(13)19(21-23(11)18-9-20-22-29-18)12-2-4-14(5-3-12)24(25)26/h2-5,7-9,11H,6,10H2,1H3/t11-/m1/s1. The second-order valence-electron chi connectivity index (χ2n) is 6.77. The number of aromatic nitrogens is 2. The summed E-state index contributed by atoms with van der Waals surface area (Å²) in [5.41, 5.74) is 3.48. The summed E-state index contributed by atoms with van der Waals surface area (Å²) in [5.74, 6) is 1.38. The van der Waals surface area contributed by atoms with Crippen molar-refractivity contribution in [3.8, 4) is 11.5 Å². The predicted octanol–water partition coefficient (Wildman–Crippen LogP) is 3.38. The molecule has 0 N–H and O–H groups in total. The molecular formula is C19H15N5O4S. The first-order chi connectivity index (χ1) is 14.1. The molecule has 0 fully saturated rings. The Kier molecular flexibility index (Phi) is 4.13. The van der Waals surface area contributed by atoms with Crippen molar-refractivity contribution in [2.24, 2.45) is 5.10 Å². The van der Waals surface area contributed by atoms with Gasteiger partial charge in [0.05, 0.1) is 22.9 Å². The van der Waals surface area contributed by atoms with Crippen LogP contribution in [0.2, 0.25) is 0 Å². The first kappa shape index (κ1) is 17.6. The third kappa shape index (κ3) is 3.07. The maximum atomic E-state index is 11.0. The summed E-state index contributed by atoms with van der Waals surface area (Å²) in [6.07, 6.45) is 2.41. The summed E-state index contributed by atoms with van der Waals surface area (Å²) >= 11 is 1.27. The van der Waals surface area contributed by atoms with Crippen molar-refractivity contribution in [2.45, 2.75) is 19.4 Å². The van der Waals surface area contributed by atoms with E-state index in [2.05, 4.69) is 16.5 Å². The summed E-state index contributed by atoms with van der Waals surface area (Å²) < 4.78 is 15.1. The number of nitro benzene ring substituents is 1. The van der Waals surface area contributed by atoms with Crippen molar-refractivity contribution in [3.63, 3.8) is 0 Å². The average Bonchev–Trinajstić information content (AvgIpc) is 3.38. The van der Waals surface area contributed by atoms with E-state index in [-0.39, 0.29) is 18.5 Å². The van der Waals surface area contributed by atoms with Crippen LogP contribution in [0.3, 0.4) is 0 Å². The van der Waals surface area contributed by atoms with Gasteiger partial charge in [0, 0.05) is 34.8 Å². The molecule has 2 aromatic carbocycles. The third-order valence-corrected chi connectivity index (χ3v) is 5.58. The number of rotatable bonds is 3. The van der Waals surface area contributed by atoms with Crippen molar-refractivity contribution >= 4 is 27.9 Å². The molecule has 0 unspecified atom stereocenters. The van der Waals surface area contributed by atoms with E-state index >= 15 is 0 Å². The molecule has 9 nitrogen and oxygen atoms in total. The Morgan fingerprint density at radius 1 is 1.21 bits per heavy atom. The lowest BCUT2D eigenvalue weighted by Gasteiger charge is -2.22. The molecule has 3 heterocycles. The molecule has 0 spiro atoms. The highest BCUT2D eigenvalue weighted by atomic mass is 32.1. The quantitative estimate of drug-likeness (QED) is 0.482. The molecule has 0 bridgehead atoms. The number of non-ortho nitro benzene ring substituents is 1. The number of nitrogens with zero attached hydrogens (tertiary/aromatic N) is 5. The van der Waals surface area contributed by atoms with Crippen LogP contribution in [0.1, 0.15) is 23.6 Å². The van der Waals surface area contributed by atoms with Crippen molar-refractivity contribution in [3.05, 3.63) is 69.4 Å². The molecule has 29 heavy (non-hydrogen) atoms. The Bertz CT molecular complexity index is 1110. The molecule has 0 saturated carbocycles. The summed E-state index contributed by atoms with van der Waals surface area (Å²) in [6, 6.07) is 10.4. The Morgan fingerprint density at radius 2 is 1.97 bits per heavy atom. The summed E-state index contributed by atoms with van der Waals surface area (Å²) in [6.45, 7) is 2.27. The van der Waals surface area contributed by atoms with E-state index < -0.39 is 4.92 Å². The summed E-state index contributed by atoms with van der Waals surface area (Å²) in [7, 11) is 0. The SMILES string of the molecule is C[C@@H]1Cc2cc3c(cc2C(c2ccc([N+](=O)[O-])cc2)=NN1c1cnns1)OCO3. The van der Waals surface area contributed by atoms with E-state index in [9.17, 15) is 10.1 Å². The van der Waals surface area contributed by atoms with Crippen LogP contribution in [-0.4, -0.2) is 33.1 Å². The zero-order valence-corrected chi connectivity index (χ0v) is 16.1. The van der Waals surface area contributed by atoms with E-state index in [1.54, 1.807) is 18.3 Å². The number of ether oxygens (including phenoxy) is 2. The van der Waals surface area contributed by atoms with Crippen LogP contribution >= 0.6 is 11.5 Å². The molecule has 2 aliphatic heterocycles. The molecular weight excluding hydrogens is 394 g/mol. The van der Waals surface area contributed by atoms with Crippen molar-refractivity contribution < 1.29 is 14.4 Å². The van der Waals surface area contributed by atoms with E-state index in [4.69, 9.17) is 14.6 Å². The molecule has 10 heteroatoms. The Hall–Kier alpha value is -3.53. The number of anilines is 1. The van der Waals surface area contributed by atoms with Gasteiger partial charge in [0.15, 0.2) is 16.5 Å². The number of hydrogen-bond donors (Lipinski definition) is 0. The molecule has 5 rings (SSSR count). The lowest BCUT2D eigenvalue weighted by molar-refractivity contribution is -0.384. The van der Waals surface area contributed by atoms with E-state index in [1.165, 1.54) is 23.7 Å². The van der Waals surface area contributed by atoms with Crippen LogP contribution in [0.15, 0.2) is 47.7 Å². The van der Waals surface area contributed by atoms with Crippen LogP contribution in [0.5, 0.6) is 11.5 Å². The van der Waals surface area contributed by atoms with Crippen LogP contribution in [0, 0.1) is 10.1 Å². The molecule has 1 atom stereocenters. The summed E-state index contributed by atoms with van der Waals surface area (Å²) in [4.78, 5) is 10.6. The van der Waals surface area contributed by atoms with E-state index in [0.29, 0.717) is 17.2 Å². The Labute approximate surface area is 169 Å². The normalized spacial score (nSPS) is 17.5. The largest absolute Gasteiger partial charge is 0.454 e. The van der Waals surface area contributed by atoms with Crippen LogP contribution in [-0.2, 0) is 6.42 Å².